The van der Waals surface area contributed by atoms with Crippen molar-refractivity contribution < 1.29 is 8.42 Å². The molecule has 0 saturated heterocycles. The fourth-order valence-electron chi connectivity index (χ4n) is 2.86. The van der Waals surface area contributed by atoms with Crippen LogP contribution in [-0.4, -0.2) is 29.9 Å². The Morgan fingerprint density at radius 3 is 2.55 bits per heavy atom. The molecule has 0 radical (unpaired) electrons. The van der Waals surface area contributed by atoms with Gasteiger partial charge in [0.2, 0.25) is 0 Å². The SMILES string of the molecule is Cc1cnc(C(NN)C2CCCC(S(C)(=O)=O)C2)nc1. The van der Waals surface area contributed by atoms with E-state index < -0.39 is 9.84 Å². The molecule has 1 aliphatic rings. The van der Waals surface area contributed by atoms with Gasteiger partial charge in [-0.1, -0.05) is 6.42 Å². The predicted octanol–water partition coefficient (Wildman–Crippen LogP) is 0.893. The van der Waals surface area contributed by atoms with Crippen LogP contribution in [0.1, 0.15) is 43.1 Å². The Hall–Kier alpha value is -1.05. The molecule has 1 aromatic rings. The predicted molar refractivity (Wildman–Crippen MR) is 77.4 cm³/mol. The average molecular weight is 298 g/mol. The monoisotopic (exact) mass is 298 g/mol. The maximum atomic E-state index is 11.7. The molecule has 2 rings (SSSR count). The van der Waals surface area contributed by atoms with Gasteiger partial charge in [0.1, 0.15) is 15.7 Å². The van der Waals surface area contributed by atoms with E-state index in [1.807, 2.05) is 6.92 Å². The van der Waals surface area contributed by atoms with Gasteiger partial charge in [-0.25, -0.2) is 23.8 Å². The van der Waals surface area contributed by atoms with Crippen molar-refractivity contribution in [1.29, 1.82) is 0 Å². The minimum absolute atomic E-state index is 0.149. The van der Waals surface area contributed by atoms with Crippen LogP contribution in [0.3, 0.4) is 0 Å². The molecule has 7 heteroatoms. The van der Waals surface area contributed by atoms with Crippen LogP contribution in [-0.2, 0) is 9.84 Å². The van der Waals surface area contributed by atoms with Crippen molar-refractivity contribution in [3.63, 3.8) is 0 Å². The normalized spacial score (nSPS) is 25.4. The van der Waals surface area contributed by atoms with E-state index in [1.54, 1.807) is 12.4 Å². The van der Waals surface area contributed by atoms with Crippen molar-refractivity contribution in [1.82, 2.24) is 15.4 Å². The van der Waals surface area contributed by atoms with Crippen LogP contribution in [0, 0.1) is 12.8 Å². The zero-order chi connectivity index (χ0) is 14.8. The van der Waals surface area contributed by atoms with Crippen molar-refractivity contribution >= 4 is 9.84 Å². The van der Waals surface area contributed by atoms with Crippen LogP contribution in [0.25, 0.3) is 0 Å². The smallest absolute Gasteiger partial charge is 0.150 e. The molecular weight excluding hydrogens is 276 g/mol. The summed E-state index contributed by atoms with van der Waals surface area (Å²) in [5.41, 5.74) is 3.75. The maximum absolute atomic E-state index is 11.7. The number of nitrogens with one attached hydrogen (secondary N) is 1. The lowest BCUT2D eigenvalue weighted by molar-refractivity contribution is 0.266. The molecular formula is C13H22N4O2S. The molecule has 1 heterocycles. The Morgan fingerprint density at radius 2 is 2.00 bits per heavy atom. The van der Waals surface area contributed by atoms with Crippen LogP contribution in [0.15, 0.2) is 12.4 Å². The first-order valence-corrected chi connectivity index (χ1v) is 8.81. The largest absolute Gasteiger partial charge is 0.271 e. The van der Waals surface area contributed by atoms with Gasteiger partial charge in [-0.15, -0.1) is 0 Å². The van der Waals surface area contributed by atoms with Crippen molar-refractivity contribution in [3.8, 4) is 0 Å². The molecule has 112 valence electrons. The summed E-state index contributed by atoms with van der Waals surface area (Å²) in [7, 11) is -3.00. The molecule has 3 N–H and O–H groups in total. The minimum atomic E-state index is -3.00. The molecule has 0 amide bonds. The third-order valence-electron chi connectivity index (χ3n) is 4.00. The van der Waals surface area contributed by atoms with E-state index in [-0.39, 0.29) is 17.2 Å². The third-order valence-corrected chi connectivity index (χ3v) is 5.64. The first kappa shape index (κ1) is 15.3. The summed E-state index contributed by atoms with van der Waals surface area (Å²) >= 11 is 0. The summed E-state index contributed by atoms with van der Waals surface area (Å²) in [6, 6.07) is -0.194. The Balaban J connectivity index is 2.17. The first-order valence-electron chi connectivity index (χ1n) is 6.85. The number of hydrogen-bond donors (Lipinski definition) is 2. The fraction of sp³-hybridized carbons (Fsp3) is 0.692. The van der Waals surface area contributed by atoms with Gasteiger partial charge in [0.05, 0.1) is 11.3 Å². The van der Waals surface area contributed by atoms with E-state index in [9.17, 15) is 8.42 Å². The summed E-state index contributed by atoms with van der Waals surface area (Å²) in [6.45, 7) is 1.93. The molecule has 20 heavy (non-hydrogen) atoms. The Morgan fingerprint density at radius 1 is 1.35 bits per heavy atom. The summed E-state index contributed by atoms with van der Waals surface area (Å²) in [5.74, 6) is 6.43. The highest BCUT2D eigenvalue weighted by molar-refractivity contribution is 7.91. The number of aryl methyl sites for hydroxylation is 1. The van der Waals surface area contributed by atoms with E-state index >= 15 is 0 Å². The highest BCUT2D eigenvalue weighted by Crippen LogP contribution is 2.35. The van der Waals surface area contributed by atoms with Crippen molar-refractivity contribution in [2.24, 2.45) is 11.8 Å². The number of aromatic nitrogens is 2. The quantitative estimate of drug-likeness (QED) is 0.633. The van der Waals surface area contributed by atoms with Gasteiger partial charge in [-0.2, -0.15) is 0 Å². The number of sulfone groups is 1. The number of nitrogens with two attached hydrogens (primary N) is 1. The Labute approximate surface area is 120 Å². The Kier molecular flexibility index (Phi) is 4.72. The molecule has 3 atom stereocenters. The standard InChI is InChI=1S/C13H22N4O2S/c1-9-7-15-13(16-8-9)12(17-14)10-4-3-5-11(6-10)20(2,18)19/h7-8,10-12,17H,3-6,14H2,1-2H3. The minimum Gasteiger partial charge on any atom is -0.271 e. The van der Waals surface area contributed by atoms with Crippen LogP contribution in [0.5, 0.6) is 0 Å². The molecule has 0 spiro atoms. The van der Waals surface area contributed by atoms with Gasteiger partial charge in [0.25, 0.3) is 0 Å². The highest BCUT2D eigenvalue weighted by Gasteiger charge is 2.34. The number of hydrazine groups is 1. The van der Waals surface area contributed by atoms with Crippen molar-refractivity contribution in [2.45, 2.75) is 43.9 Å². The third kappa shape index (κ3) is 3.53. The van der Waals surface area contributed by atoms with E-state index in [2.05, 4.69) is 15.4 Å². The number of rotatable bonds is 4. The second-order valence-corrected chi connectivity index (χ2v) is 7.97. The fourth-order valence-corrected chi connectivity index (χ4v) is 4.05. The maximum Gasteiger partial charge on any atom is 0.150 e. The molecule has 1 fully saturated rings. The van der Waals surface area contributed by atoms with Gasteiger partial charge in [0, 0.05) is 18.6 Å². The molecule has 6 nitrogen and oxygen atoms in total. The van der Waals surface area contributed by atoms with Crippen molar-refractivity contribution in [2.75, 3.05) is 6.26 Å². The van der Waals surface area contributed by atoms with E-state index in [4.69, 9.17) is 5.84 Å². The lowest BCUT2D eigenvalue weighted by Crippen LogP contribution is -2.39. The summed E-state index contributed by atoms with van der Waals surface area (Å²) in [4.78, 5) is 8.62. The van der Waals surface area contributed by atoms with Gasteiger partial charge < -0.3 is 0 Å². The first-order chi connectivity index (χ1) is 9.41. The highest BCUT2D eigenvalue weighted by atomic mass is 32.2. The summed E-state index contributed by atoms with van der Waals surface area (Å²) < 4.78 is 23.5. The molecule has 1 aromatic heterocycles. The molecule has 3 unspecified atom stereocenters. The molecule has 1 saturated carbocycles. The van der Waals surface area contributed by atoms with Crippen LogP contribution < -0.4 is 11.3 Å². The summed E-state index contributed by atoms with van der Waals surface area (Å²) in [5, 5.41) is -0.275. The van der Waals surface area contributed by atoms with Crippen molar-refractivity contribution in [3.05, 3.63) is 23.8 Å². The second-order valence-electron chi connectivity index (χ2n) is 5.64. The van der Waals surface area contributed by atoms with Gasteiger partial charge >= 0.3 is 0 Å². The van der Waals surface area contributed by atoms with Crippen LogP contribution >= 0.6 is 0 Å². The molecule has 1 aliphatic carbocycles. The zero-order valence-corrected chi connectivity index (χ0v) is 12.7. The Bertz CT molecular complexity index is 544. The second kappa shape index (κ2) is 6.15. The molecule has 0 aliphatic heterocycles. The number of hydrogen-bond acceptors (Lipinski definition) is 6. The van der Waals surface area contributed by atoms with E-state index in [0.717, 1.165) is 24.8 Å². The van der Waals surface area contributed by atoms with Gasteiger partial charge in [0.15, 0.2) is 0 Å². The molecule has 0 aromatic carbocycles. The molecule has 0 bridgehead atoms. The van der Waals surface area contributed by atoms with Gasteiger partial charge in [-0.05, 0) is 37.7 Å². The topological polar surface area (TPSA) is 98.0 Å². The van der Waals surface area contributed by atoms with Crippen LogP contribution in [0.2, 0.25) is 0 Å². The van der Waals surface area contributed by atoms with Crippen LogP contribution in [0.4, 0.5) is 0 Å². The lowest BCUT2D eigenvalue weighted by atomic mass is 9.83. The average Bonchev–Trinajstić information content (AvgIpc) is 2.41. The zero-order valence-electron chi connectivity index (χ0n) is 11.9. The summed E-state index contributed by atoms with van der Waals surface area (Å²) in [6.07, 6.45) is 8.01. The number of nitrogens with zero attached hydrogens (tertiary/aromatic N) is 2. The lowest BCUT2D eigenvalue weighted by Gasteiger charge is -2.32. The van der Waals surface area contributed by atoms with E-state index in [0.29, 0.717) is 12.2 Å². The van der Waals surface area contributed by atoms with E-state index in [1.165, 1.54) is 6.26 Å². The van der Waals surface area contributed by atoms with Gasteiger partial charge in [-0.3, -0.25) is 5.84 Å².